The minimum absolute atomic E-state index is 0.102. The van der Waals surface area contributed by atoms with Gasteiger partial charge in [-0.2, -0.15) is 4.98 Å². The van der Waals surface area contributed by atoms with Crippen molar-refractivity contribution in [2.24, 2.45) is 0 Å². The highest BCUT2D eigenvalue weighted by atomic mass is 35.5. The normalized spacial score (nSPS) is 15.7. The molecule has 19 heavy (non-hydrogen) atoms. The summed E-state index contributed by atoms with van der Waals surface area (Å²) in [7, 11) is 0. The number of aromatic nitrogens is 2. The quantitative estimate of drug-likeness (QED) is 0.907. The van der Waals surface area contributed by atoms with Crippen molar-refractivity contribution >= 4 is 17.5 Å². The Labute approximate surface area is 114 Å². The summed E-state index contributed by atoms with van der Waals surface area (Å²) in [6.45, 7) is 2.76. The molecule has 0 radical (unpaired) electrons. The molecule has 1 saturated heterocycles. The molecular weight excluding hydrogens is 270 g/mol. The van der Waals surface area contributed by atoms with Crippen LogP contribution in [0.4, 0.5) is 5.95 Å². The molecule has 1 aliphatic rings. The summed E-state index contributed by atoms with van der Waals surface area (Å²) in [5, 5.41) is 13.9. The van der Waals surface area contributed by atoms with Crippen molar-refractivity contribution in [1.82, 2.24) is 10.1 Å². The van der Waals surface area contributed by atoms with E-state index in [1.165, 1.54) is 12.1 Å². The minimum Gasteiger partial charge on any atom is -0.508 e. The van der Waals surface area contributed by atoms with Gasteiger partial charge in [0.1, 0.15) is 5.75 Å². The van der Waals surface area contributed by atoms with E-state index < -0.39 is 0 Å². The molecule has 0 amide bonds. The third-order valence-electron chi connectivity index (χ3n) is 2.89. The maximum absolute atomic E-state index is 9.48. The Morgan fingerprint density at radius 3 is 2.84 bits per heavy atom. The molecule has 1 aromatic carbocycles. The topological polar surface area (TPSA) is 71.6 Å². The molecule has 2 heterocycles. The third-order valence-corrected chi connectivity index (χ3v) is 3.22. The predicted octanol–water partition coefficient (Wildman–Crippen LogP) is 1.93. The van der Waals surface area contributed by atoms with Crippen LogP contribution >= 0.6 is 11.6 Å². The number of aromatic hydroxyl groups is 1. The molecule has 0 saturated carbocycles. The Hall–Kier alpha value is -1.79. The number of anilines is 1. The van der Waals surface area contributed by atoms with Gasteiger partial charge in [-0.3, -0.25) is 0 Å². The highest BCUT2D eigenvalue weighted by Crippen LogP contribution is 2.30. The lowest BCUT2D eigenvalue weighted by atomic mass is 10.2. The number of ether oxygens (including phenoxy) is 1. The molecule has 0 unspecified atom stereocenters. The Bertz CT molecular complexity index is 581. The molecule has 1 aliphatic heterocycles. The molecule has 3 rings (SSSR count). The summed E-state index contributed by atoms with van der Waals surface area (Å²) in [4.78, 5) is 6.28. The van der Waals surface area contributed by atoms with Crippen LogP contribution < -0.4 is 4.90 Å². The molecule has 2 aromatic rings. The van der Waals surface area contributed by atoms with Crippen molar-refractivity contribution in [3.63, 3.8) is 0 Å². The first kappa shape index (κ1) is 12.3. The van der Waals surface area contributed by atoms with E-state index in [9.17, 15) is 5.11 Å². The van der Waals surface area contributed by atoms with E-state index in [4.69, 9.17) is 20.9 Å². The van der Waals surface area contributed by atoms with Gasteiger partial charge in [0.05, 0.1) is 23.8 Å². The van der Waals surface area contributed by atoms with Gasteiger partial charge in [0.15, 0.2) is 0 Å². The number of halogens is 1. The van der Waals surface area contributed by atoms with Gasteiger partial charge in [0.2, 0.25) is 0 Å². The van der Waals surface area contributed by atoms with Crippen LogP contribution in [0.3, 0.4) is 0 Å². The van der Waals surface area contributed by atoms with Crippen molar-refractivity contribution in [3.8, 4) is 17.2 Å². The van der Waals surface area contributed by atoms with Crippen LogP contribution in [0.1, 0.15) is 0 Å². The molecule has 6 nitrogen and oxygen atoms in total. The van der Waals surface area contributed by atoms with Gasteiger partial charge in [-0.15, -0.1) is 0 Å². The van der Waals surface area contributed by atoms with Gasteiger partial charge < -0.3 is 19.3 Å². The molecule has 1 N–H and O–H groups in total. The van der Waals surface area contributed by atoms with Gasteiger partial charge in [0.25, 0.3) is 11.8 Å². The number of benzene rings is 1. The van der Waals surface area contributed by atoms with Crippen LogP contribution in [0.2, 0.25) is 5.02 Å². The van der Waals surface area contributed by atoms with Gasteiger partial charge >= 0.3 is 0 Å². The number of phenols is 1. The molecule has 0 atom stereocenters. The number of hydrogen-bond donors (Lipinski definition) is 1. The fourth-order valence-corrected chi connectivity index (χ4v) is 2.09. The summed E-state index contributed by atoms with van der Waals surface area (Å²) in [5.74, 6) is 0.908. The van der Waals surface area contributed by atoms with Crippen LogP contribution in [-0.4, -0.2) is 41.6 Å². The van der Waals surface area contributed by atoms with Gasteiger partial charge in [-0.05, 0) is 23.4 Å². The zero-order valence-electron chi connectivity index (χ0n) is 10.0. The average molecular weight is 282 g/mol. The third kappa shape index (κ3) is 2.50. The summed E-state index contributed by atoms with van der Waals surface area (Å²) in [6, 6.07) is 4.59. The van der Waals surface area contributed by atoms with Crippen LogP contribution in [0, 0.1) is 0 Å². The molecule has 0 aliphatic carbocycles. The molecular formula is C12H12ClN3O3. The molecule has 0 spiro atoms. The monoisotopic (exact) mass is 281 g/mol. The second-order valence-electron chi connectivity index (χ2n) is 4.16. The fourth-order valence-electron chi connectivity index (χ4n) is 1.89. The maximum Gasteiger partial charge on any atom is 0.266 e. The summed E-state index contributed by atoms with van der Waals surface area (Å²) in [6.07, 6.45) is 0. The van der Waals surface area contributed by atoms with E-state index in [1.54, 1.807) is 6.07 Å². The minimum atomic E-state index is 0.102. The molecule has 0 bridgehead atoms. The highest BCUT2D eigenvalue weighted by Gasteiger charge is 2.19. The first-order chi connectivity index (χ1) is 9.24. The van der Waals surface area contributed by atoms with E-state index in [0.29, 0.717) is 35.6 Å². The summed E-state index contributed by atoms with van der Waals surface area (Å²) >= 11 is 6.05. The first-order valence-corrected chi connectivity index (χ1v) is 6.27. The molecule has 1 aromatic heterocycles. The SMILES string of the molecule is Oc1ccc(Cl)c(-c2nc(N3CCOCC3)no2)c1. The van der Waals surface area contributed by atoms with Crippen LogP contribution in [0.5, 0.6) is 5.75 Å². The summed E-state index contributed by atoms with van der Waals surface area (Å²) < 4.78 is 10.5. The van der Waals surface area contributed by atoms with E-state index in [-0.39, 0.29) is 5.75 Å². The van der Waals surface area contributed by atoms with E-state index >= 15 is 0 Å². The number of nitrogens with zero attached hydrogens (tertiary/aromatic N) is 3. The van der Waals surface area contributed by atoms with Crippen molar-refractivity contribution in [2.45, 2.75) is 0 Å². The van der Waals surface area contributed by atoms with Crippen LogP contribution in [0.15, 0.2) is 22.7 Å². The van der Waals surface area contributed by atoms with Crippen molar-refractivity contribution < 1.29 is 14.4 Å². The Morgan fingerprint density at radius 1 is 1.26 bits per heavy atom. The molecule has 100 valence electrons. The second-order valence-corrected chi connectivity index (χ2v) is 4.57. The van der Waals surface area contributed by atoms with Crippen molar-refractivity contribution in [2.75, 3.05) is 31.2 Å². The standard InChI is InChI=1S/C12H12ClN3O3/c13-10-2-1-8(17)7-9(10)11-14-12(15-19-11)16-3-5-18-6-4-16/h1-2,7,17H,3-6H2. The van der Waals surface area contributed by atoms with E-state index in [0.717, 1.165) is 13.1 Å². The van der Waals surface area contributed by atoms with Gasteiger partial charge in [-0.1, -0.05) is 11.6 Å². The predicted molar refractivity (Wildman–Crippen MR) is 69.4 cm³/mol. The largest absolute Gasteiger partial charge is 0.508 e. The maximum atomic E-state index is 9.48. The highest BCUT2D eigenvalue weighted by molar-refractivity contribution is 6.33. The smallest absolute Gasteiger partial charge is 0.266 e. The first-order valence-electron chi connectivity index (χ1n) is 5.89. The Morgan fingerprint density at radius 2 is 2.05 bits per heavy atom. The number of morpholine rings is 1. The summed E-state index contributed by atoms with van der Waals surface area (Å²) in [5.41, 5.74) is 0.522. The average Bonchev–Trinajstić information content (AvgIpc) is 2.92. The van der Waals surface area contributed by atoms with E-state index in [1.807, 2.05) is 4.90 Å². The molecule has 7 heteroatoms. The number of hydrogen-bond acceptors (Lipinski definition) is 6. The Balaban J connectivity index is 1.89. The van der Waals surface area contributed by atoms with Gasteiger partial charge in [-0.25, -0.2) is 0 Å². The zero-order valence-corrected chi connectivity index (χ0v) is 10.8. The van der Waals surface area contributed by atoms with Crippen LogP contribution in [-0.2, 0) is 4.74 Å². The van der Waals surface area contributed by atoms with E-state index in [2.05, 4.69) is 10.1 Å². The number of rotatable bonds is 2. The molecule has 1 fully saturated rings. The fraction of sp³-hybridized carbons (Fsp3) is 0.333. The number of phenolic OH excluding ortho intramolecular Hbond substituents is 1. The lowest BCUT2D eigenvalue weighted by Gasteiger charge is -2.24. The lowest BCUT2D eigenvalue weighted by molar-refractivity contribution is 0.121. The van der Waals surface area contributed by atoms with Crippen LogP contribution in [0.25, 0.3) is 11.5 Å². The lowest BCUT2D eigenvalue weighted by Crippen LogP contribution is -2.36. The van der Waals surface area contributed by atoms with Gasteiger partial charge in [0, 0.05) is 13.1 Å². The second kappa shape index (κ2) is 5.07. The zero-order chi connectivity index (χ0) is 13.2. The van der Waals surface area contributed by atoms with Crippen molar-refractivity contribution in [3.05, 3.63) is 23.2 Å². The Kier molecular flexibility index (Phi) is 3.27. The van der Waals surface area contributed by atoms with Crippen molar-refractivity contribution in [1.29, 1.82) is 0 Å².